The van der Waals surface area contributed by atoms with Gasteiger partial charge in [0, 0.05) is 12.1 Å². The second-order valence-electron chi connectivity index (χ2n) is 9.82. The summed E-state index contributed by atoms with van der Waals surface area (Å²) >= 11 is 0. The Kier molecular flexibility index (Phi) is 5.12. The lowest BCUT2D eigenvalue weighted by molar-refractivity contribution is -0.000958. The first-order valence-corrected chi connectivity index (χ1v) is 9.19. The molecule has 0 unspecified atom stereocenters. The molecule has 2 aliphatic rings. The number of hydrogen-bond acceptors (Lipinski definition) is 4. The highest BCUT2D eigenvalue weighted by atomic mass is 16.7. The van der Waals surface area contributed by atoms with Crippen molar-refractivity contribution in [1.29, 1.82) is 0 Å². The van der Waals surface area contributed by atoms with Crippen molar-refractivity contribution in [3.8, 4) is 0 Å². The maximum absolute atomic E-state index is 12.5. The maximum atomic E-state index is 12.5. The number of piperidine rings is 1. The van der Waals surface area contributed by atoms with Crippen LogP contribution in [-0.4, -0.2) is 47.0 Å². The number of amides is 1. The third-order valence-corrected chi connectivity index (χ3v) is 5.30. The zero-order valence-electron chi connectivity index (χ0n) is 17.4. The van der Waals surface area contributed by atoms with Gasteiger partial charge in [0.2, 0.25) is 0 Å². The fourth-order valence-corrected chi connectivity index (χ4v) is 3.24. The molecule has 142 valence electrons. The minimum Gasteiger partial charge on any atom is -0.444 e. The lowest BCUT2D eigenvalue weighted by Gasteiger charge is -2.43. The monoisotopic (exact) mass is 351 g/mol. The van der Waals surface area contributed by atoms with Crippen LogP contribution in [0.1, 0.15) is 75.2 Å². The maximum Gasteiger partial charge on any atom is 0.487 e. The molecule has 5 nitrogen and oxygen atoms in total. The van der Waals surface area contributed by atoms with Gasteiger partial charge in [-0.05, 0) is 75.2 Å². The summed E-state index contributed by atoms with van der Waals surface area (Å²) in [6.07, 6.45) is 1.36. The van der Waals surface area contributed by atoms with Crippen LogP contribution in [0.2, 0.25) is 0 Å². The predicted octanol–water partition coefficient (Wildman–Crippen LogP) is 4.35. The van der Waals surface area contributed by atoms with E-state index >= 15 is 0 Å². The summed E-state index contributed by atoms with van der Waals surface area (Å²) in [4.78, 5) is 14.3. The lowest BCUT2D eigenvalue weighted by atomic mass is 9.79. The Labute approximate surface area is 153 Å². The number of carbonyl (C=O) groups is 1. The first-order chi connectivity index (χ1) is 11.1. The van der Waals surface area contributed by atoms with Gasteiger partial charge in [-0.15, -0.1) is 0 Å². The molecule has 0 aromatic heterocycles. The number of carbonyl (C=O) groups excluding carboxylic acids is 1. The topological polar surface area (TPSA) is 48.0 Å². The largest absolute Gasteiger partial charge is 0.487 e. The third-order valence-electron chi connectivity index (χ3n) is 5.30. The quantitative estimate of drug-likeness (QED) is 0.659. The highest BCUT2D eigenvalue weighted by Gasteiger charge is 2.50. The molecule has 2 fully saturated rings. The normalized spacial score (nSPS) is 26.8. The minimum absolute atomic E-state index is 0.243. The van der Waals surface area contributed by atoms with Gasteiger partial charge < -0.3 is 18.9 Å². The second kappa shape index (κ2) is 6.31. The number of rotatable bonds is 1. The van der Waals surface area contributed by atoms with Crippen LogP contribution in [0.4, 0.5) is 4.79 Å². The number of ether oxygens (including phenoxy) is 1. The van der Waals surface area contributed by atoms with E-state index in [1.54, 1.807) is 0 Å². The van der Waals surface area contributed by atoms with E-state index in [-0.39, 0.29) is 30.0 Å². The van der Waals surface area contributed by atoms with Crippen molar-refractivity contribution < 1.29 is 18.8 Å². The Morgan fingerprint density at radius 2 is 1.64 bits per heavy atom. The fourth-order valence-electron chi connectivity index (χ4n) is 3.24. The summed E-state index contributed by atoms with van der Waals surface area (Å²) in [6, 6.07) is 0. The molecule has 0 bridgehead atoms. The van der Waals surface area contributed by atoms with E-state index in [1.165, 1.54) is 5.57 Å². The smallest absolute Gasteiger partial charge is 0.444 e. The van der Waals surface area contributed by atoms with E-state index < -0.39 is 5.60 Å². The van der Waals surface area contributed by atoms with E-state index in [0.29, 0.717) is 6.54 Å². The Bertz CT molecular complexity index is 544. The zero-order valence-corrected chi connectivity index (χ0v) is 17.4. The van der Waals surface area contributed by atoms with Crippen molar-refractivity contribution in [3.05, 3.63) is 11.5 Å². The van der Waals surface area contributed by atoms with Gasteiger partial charge in [-0.2, -0.15) is 0 Å². The van der Waals surface area contributed by atoms with Crippen LogP contribution in [-0.2, 0) is 14.0 Å². The first-order valence-electron chi connectivity index (χ1n) is 9.19. The summed E-state index contributed by atoms with van der Waals surface area (Å²) in [6.45, 7) is 18.7. The van der Waals surface area contributed by atoms with Gasteiger partial charge in [0.1, 0.15) is 5.60 Å². The number of hydrogen-bond donors (Lipinski definition) is 0. The van der Waals surface area contributed by atoms with Crippen LogP contribution in [0, 0.1) is 0 Å². The molecule has 6 heteroatoms. The Morgan fingerprint density at radius 1 is 1.12 bits per heavy atom. The average Bonchev–Trinajstić information content (AvgIpc) is 2.53. The minimum atomic E-state index is -0.480. The van der Waals surface area contributed by atoms with Crippen molar-refractivity contribution in [3.63, 3.8) is 0 Å². The Hall–Kier alpha value is -1.01. The molecule has 0 aliphatic carbocycles. The summed E-state index contributed by atoms with van der Waals surface area (Å²) in [5.74, 6) is 2.09. The van der Waals surface area contributed by atoms with E-state index in [2.05, 4.69) is 47.5 Å². The van der Waals surface area contributed by atoms with Gasteiger partial charge in [0.15, 0.2) is 0 Å². The second-order valence-corrected chi connectivity index (χ2v) is 9.82. The predicted molar refractivity (Wildman–Crippen MR) is 100 cm³/mol. The van der Waals surface area contributed by atoms with Crippen LogP contribution in [0.25, 0.3) is 0 Å². The van der Waals surface area contributed by atoms with Crippen molar-refractivity contribution >= 4 is 13.2 Å². The summed E-state index contributed by atoms with van der Waals surface area (Å²) in [5, 5.41) is 0. The number of nitrogens with zero attached hydrogens (tertiary/aromatic N) is 1. The summed E-state index contributed by atoms with van der Waals surface area (Å²) in [5.41, 5.74) is -0.173. The van der Waals surface area contributed by atoms with Crippen molar-refractivity contribution in [2.24, 2.45) is 0 Å². The van der Waals surface area contributed by atoms with Gasteiger partial charge in [0.25, 0.3) is 0 Å². The average molecular weight is 351 g/mol. The molecule has 2 rings (SSSR count). The highest BCUT2D eigenvalue weighted by Crippen LogP contribution is 2.39. The molecule has 25 heavy (non-hydrogen) atoms. The SMILES string of the molecule is CC(C)(C)OC(=O)N1CC/C(=C\B2OC(C)(C)C(C)(C)O2)CC1(C)C. The van der Waals surface area contributed by atoms with E-state index in [0.717, 1.165) is 12.8 Å². The van der Waals surface area contributed by atoms with E-state index in [9.17, 15) is 4.79 Å². The Balaban J connectivity index is 2.06. The van der Waals surface area contributed by atoms with Gasteiger partial charge in [-0.1, -0.05) is 11.5 Å². The van der Waals surface area contributed by atoms with Crippen LogP contribution in [0.3, 0.4) is 0 Å². The van der Waals surface area contributed by atoms with Crippen LogP contribution in [0.5, 0.6) is 0 Å². The molecule has 0 spiro atoms. The molecule has 0 N–H and O–H groups in total. The van der Waals surface area contributed by atoms with E-state index in [1.807, 2.05) is 25.7 Å². The lowest BCUT2D eigenvalue weighted by Crippen LogP contribution is -2.52. The Morgan fingerprint density at radius 3 is 2.08 bits per heavy atom. The van der Waals surface area contributed by atoms with Crippen molar-refractivity contribution in [1.82, 2.24) is 4.90 Å². The molecule has 0 atom stereocenters. The summed E-state index contributed by atoms with van der Waals surface area (Å²) in [7, 11) is -0.330. The molecule has 2 heterocycles. The first kappa shape index (κ1) is 20.3. The molecule has 2 aliphatic heterocycles. The van der Waals surface area contributed by atoms with Gasteiger partial charge >= 0.3 is 13.2 Å². The molecule has 2 saturated heterocycles. The molecule has 0 radical (unpaired) electrons. The molecule has 0 saturated carbocycles. The third kappa shape index (κ3) is 4.59. The van der Waals surface area contributed by atoms with Crippen LogP contribution >= 0.6 is 0 Å². The van der Waals surface area contributed by atoms with E-state index in [4.69, 9.17) is 14.0 Å². The van der Waals surface area contributed by atoms with Gasteiger partial charge in [0.05, 0.1) is 11.2 Å². The summed E-state index contributed by atoms with van der Waals surface area (Å²) < 4.78 is 17.7. The van der Waals surface area contributed by atoms with Gasteiger partial charge in [-0.3, -0.25) is 0 Å². The van der Waals surface area contributed by atoms with Gasteiger partial charge in [-0.25, -0.2) is 4.79 Å². The zero-order chi connectivity index (χ0) is 19.3. The molecular formula is C19H34BNO4. The van der Waals surface area contributed by atoms with Crippen LogP contribution in [0.15, 0.2) is 11.5 Å². The molecular weight excluding hydrogens is 317 g/mol. The number of likely N-dealkylation sites (tertiary alicyclic amines) is 1. The van der Waals surface area contributed by atoms with Crippen molar-refractivity contribution in [2.75, 3.05) is 6.54 Å². The standard InChI is InChI=1S/C19H34BNO4/c1-16(2,3)23-15(22)21-11-10-14(12-17(21,4)5)13-20-24-18(6,7)19(8,9)25-20/h13H,10-12H2,1-9H3/b14-13+. The fraction of sp³-hybridized carbons (Fsp3) is 0.842. The van der Waals surface area contributed by atoms with Crippen molar-refractivity contribution in [2.45, 2.75) is 97.5 Å². The molecule has 0 aromatic carbocycles. The molecule has 0 aromatic rings. The molecule has 1 amide bonds. The van der Waals surface area contributed by atoms with Crippen LogP contribution < -0.4 is 0 Å². The highest BCUT2D eigenvalue weighted by molar-refractivity contribution is 6.51.